The molecular formula is C17H22N2O2. The summed E-state index contributed by atoms with van der Waals surface area (Å²) in [6.07, 6.45) is 0.959. The van der Waals surface area contributed by atoms with Gasteiger partial charge in [0.15, 0.2) is 0 Å². The Bertz CT molecular complexity index is 687. The predicted molar refractivity (Wildman–Crippen MR) is 86.3 cm³/mol. The smallest absolute Gasteiger partial charge is 0.343 e. The summed E-state index contributed by atoms with van der Waals surface area (Å²) in [7, 11) is 0. The lowest BCUT2D eigenvalue weighted by Crippen LogP contribution is -2.44. The average Bonchev–Trinajstić information content (AvgIpc) is 2.55. The molecular weight excluding hydrogens is 264 g/mol. The monoisotopic (exact) mass is 286 g/mol. The third-order valence-electron chi connectivity index (χ3n) is 4.33. The van der Waals surface area contributed by atoms with Crippen LogP contribution in [0.1, 0.15) is 31.9 Å². The number of hydrogen-bond donors (Lipinski definition) is 1. The molecule has 1 unspecified atom stereocenters. The first-order chi connectivity index (χ1) is 10.2. The third kappa shape index (κ3) is 2.56. The SMILES string of the molecule is CCC(C)c1oc(=O)c2ccccc2c1N1CCNCC1. The van der Waals surface area contributed by atoms with Gasteiger partial charge in [0.25, 0.3) is 0 Å². The summed E-state index contributed by atoms with van der Waals surface area (Å²) in [5.74, 6) is 1.08. The van der Waals surface area contributed by atoms with Gasteiger partial charge < -0.3 is 14.6 Å². The molecule has 21 heavy (non-hydrogen) atoms. The minimum absolute atomic E-state index is 0.222. The molecule has 3 rings (SSSR count). The van der Waals surface area contributed by atoms with Crippen LogP contribution in [0.3, 0.4) is 0 Å². The van der Waals surface area contributed by atoms with Gasteiger partial charge in [0.1, 0.15) is 5.76 Å². The van der Waals surface area contributed by atoms with E-state index in [0.29, 0.717) is 5.39 Å². The fourth-order valence-electron chi connectivity index (χ4n) is 2.94. The molecule has 0 amide bonds. The van der Waals surface area contributed by atoms with Crippen molar-refractivity contribution < 1.29 is 4.42 Å². The normalized spacial score (nSPS) is 17.1. The Labute approximate surface area is 124 Å². The topological polar surface area (TPSA) is 45.5 Å². The van der Waals surface area contributed by atoms with Gasteiger partial charge in [-0.05, 0) is 12.5 Å². The largest absolute Gasteiger partial charge is 0.425 e. The zero-order valence-corrected chi connectivity index (χ0v) is 12.7. The van der Waals surface area contributed by atoms with Crippen molar-refractivity contribution in [3.63, 3.8) is 0 Å². The number of nitrogens with one attached hydrogen (secondary N) is 1. The number of anilines is 1. The fourth-order valence-corrected chi connectivity index (χ4v) is 2.94. The molecule has 0 spiro atoms. The average molecular weight is 286 g/mol. The Morgan fingerprint density at radius 3 is 2.57 bits per heavy atom. The van der Waals surface area contributed by atoms with Gasteiger partial charge in [-0.1, -0.05) is 32.0 Å². The molecule has 1 aliphatic rings. The van der Waals surface area contributed by atoms with E-state index in [4.69, 9.17) is 4.42 Å². The molecule has 0 radical (unpaired) electrons. The van der Waals surface area contributed by atoms with E-state index in [1.165, 1.54) is 0 Å². The summed E-state index contributed by atoms with van der Waals surface area (Å²) in [5, 5.41) is 5.07. The molecule has 1 atom stereocenters. The van der Waals surface area contributed by atoms with E-state index in [-0.39, 0.29) is 11.5 Å². The van der Waals surface area contributed by atoms with Crippen molar-refractivity contribution in [1.29, 1.82) is 0 Å². The first-order valence-corrected chi connectivity index (χ1v) is 7.73. The van der Waals surface area contributed by atoms with Crippen molar-refractivity contribution in [2.24, 2.45) is 0 Å². The second-order valence-corrected chi connectivity index (χ2v) is 5.69. The van der Waals surface area contributed by atoms with Crippen LogP contribution in [0.25, 0.3) is 10.8 Å². The Balaban J connectivity index is 2.26. The minimum Gasteiger partial charge on any atom is -0.425 e. The van der Waals surface area contributed by atoms with E-state index in [9.17, 15) is 4.79 Å². The molecule has 0 saturated carbocycles. The van der Waals surface area contributed by atoms with Crippen molar-refractivity contribution in [2.45, 2.75) is 26.2 Å². The van der Waals surface area contributed by atoms with Crippen LogP contribution in [0, 0.1) is 0 Å². The quantitative estimate of drug-likeness (QED) is 0.942. The lowest BCUT2D eigenvalue weighted by Gasteiger charge is -2.32. The Morgan fingerprint density at radius 2 is 1.90 bits per heavy atom. The Morgan fingerprint density at radius 1 is 1.24 bits per heavy atom. The second kappa shape index (κ2) is 5.90. The predicted octanol–water partition coefficient (Wildman–Crippen LogP) is 2.72. The van der Waals surface area contributed by atoms with Crippen LogP contribution in [-0.4, -0.2) is 26.2 Å². The highest BCUT2D eigenvalue weighted by molar-refractivity contribution is 5.94. The first-order valence-electron chi connectivity index (χ1n) is 7.73. The molecule has 4 nitrogen and oxygen atoms in total. The summed E-state index contributed by atoms with van der Waals surface area (Å²) in [4.78, 5) is 14.6. The van der Waals surface area contributed by atoms with Gasteiger partial charge >= 0.3 is 5.63 Å². The van der Waals surface area contributed by atoms with Crippen LogP contribution >= 0.6 is 0 Å². The van der Waals surface area contributed by atoms with Crippen molar-refractivity contribution in [2.75, 3.05) is 31.1 Å². The van der Waals surface area contributed by atoms with E-state index in [2.05, 4.69) is 24.1 Å². The summed E-state index contributed by atoms with van der Waals surface area (Å²) in [6, 6.07) is 7.78. The van der Waals surface area contributed by atoms with Crippen LogP contribution in [-0.2, 0) is 0 Å². The molecule has 112 valence electrons. The zero-order chi connectivity index (χ0) is 14.8. The van der Waals surface area contributed by atoms with Crippen molar-refractivity contribution in [3.05, 3.63) is 40.4 Å². The highest BCUT2D eigenvalue weighted by Gasteiger charge is 2.23. The van der Waals surface area contributed by atoms with Crippen LogP contribution < -0.4 is 15.8 Å². The molecule has 1 N–H and O–H groups in total. The second-order valence-electron chi connectivity index (χ2n) is 5.69. The van der Waals surface area contributed by atoms with E-state index in [0.717, 1.165) is 49.4 Å². The van der Waals surface area contributed by atoms with E-state index in [1.807, 2.05) is 24.3 Å². The summed E-state index contributed by atoms with van der Waals surface area (Å²) < 4.78 is 5.71. The van der Waals surface area contributed by atoms with Crippen LogP contribution in [0.2, 0.25) is 0 Å². The van der Waals surface area contributed by atoms with E-state index in [1.54, 1.807) is 0 Å². The molecule has 2 heterocycles. The summed E-state index contributed by atoms with van der Waals surface area (Å²) in [5.41, 5.74) is 0.890. The number of benzene rings is 1. The van der Waals surface area contributed by atoms with E-state index < -0.39 is 0 Å². The van der Waals surface area contributed by atoms with E-state index >= 15 is 0 Å². The maximum Gasteiger partial charge on any atom is 0.343 e. The minimum atomic E-state index is -0.222. The lowest BCUT2D eigenvalue weighted by molar-refractivity contribution is 0.430. The first kappa shape index (κ1) is 14.1. The van der Waals surface area contributed by atoms with Gasteiger partial charge in [0.2, 0.25) is 0 Å². The zero-order valence-electron chi connectivity index (χ0n) is 12.7. The van der Waals surface area contributed by atoms with Crippen molar-refractivity contribution in [3.8, 4) is 0 Å². The van der Waals surface area contributed by atoms with Crippen LogP contribution in [0.5, 0.6) is 0 Å². The van der Waals surface area contributed by atoms with Gasteiger partial charge in [0, 0.05) is 37.5 Å². The number of hydrogen-bond acceptors (Lipinski definition) is 4. The fraction of sp³-hybridized carbons (Fsp3) is 0.471. The number of fused-ring (bicyclic) bond motifs is 1. The van der Waals surface area contributed by atoms with Gasteiger partial charge in [-0.2, -0.15) is 0 Å². The van der Waals surface area contributed by atoms with Crippen LogP contribution in [0.4, 0.5) is 5.69 Å². The Hall–Kier alpha value is -1.81. The van der Waals surface area contributed by atoms with Crippen LogP contribution in [0.15, 0.2) is 33.5 Å². The molecule has 0 bridgehead atoms. The molecule has 1 aromatic carbocycles. The molecule has 4 heteroatoms. The molecule has 0 aliphatic carbocycles. The standard InChI is InChI=1S/C17H22N2O2/c1-3-12(2)16-15(19-10-8-18-9-11-19)13-6-4-5-7-14(13)17(20)21-16/h4-7,12,18H,3,8-11H2,1-2H3. The lowest BCUT2D eigenvalue weighted by atomic mass is 9.99. The number of rotatable bonds is 3. The molecule has 2 aromatic rings. The van der Waals surface area contributed by atoms with Gasteiger partial charge in [-0.15, -0.1) is 0 Å². The van der Waals surface area contributed by atoms with Crippen molar-refractivity contribution >= 4 is 16.5 Å². The number of piperazine rings is 1. The Kier molecular flexibility index (Phi) is 3.97. The molecule has 1 saturated heterocycles. The maximum absolute atomic E-state index is 12.3. The highest BCUT2D eigenvalue weighted by atomic mass is 16.4. The van der Waals surface area contributed by atoms with Gasteiger partial charge in [-0.25, -0.2) is 4.79 Å². The summed E-state index contributed by atoms with van der Waals surface area (Å²) in [6.45, 7) is 8.07. The maximum atomic E-state index is 12.3. The van der Waals surface area contributed by atoms with Crippen molar-refractivity contribution in [1.82, 2.24) is 5.32 Å². The molecule has 1 aromatic heterocycles. The molecule has 1 aliphatic heterocycles. The highest BCUT2D eigenvalue weighted by Crippen LogP contribution is 2.34. The third-order valence-corrected chi connectivity index (χ3v) is 4.33. The number of nitrogens with zero attached hydrogens (tertiary/aromatic N) is 1. The van der Waals surface area contributed by atoms with Gasteiger partial charge in [-0.3, -0.25) is 0 Å². The summed E-state index contributed by atoms with van der Waals surface area (Å²) >= 11 is 0. The molecule has 1 fully saturated rings. The van der Waals surface area contributed by atoms with Gasteiger partial charge in [0.05, 0.1) is 11.1 Å².